The molecule has 1 atom stereocenters. The Morgan fingerprint density at radius 3 is 2.47 bits per heavy atom. The molecule has 0 radical (unpaired) electrons. The molecular weight excluding hydrogens is 388 g/mol. The Balaban J connectivity index is 1.64. The summed E-state index contributed by atoms with van der Waals surface area (Å²) in [6, 6.07) is 13.0. The van der Waals surface area contributed by atoms with Gasteiger partial charge in [-0.15, -0.1) is 0 Å². The van der Waals surface area contributed by atoms with E-state index in [0.717, 1.165) is 10.5 Å². The van der Waals surface area contributed by atoms with Crippen LogP contribution in [0.5, 0.6) is 0 Å². The molecule has 2 aromatic rings. The molecule has 1 fully saturated rings. The van der Waals surface area contributed by atoms with Gasteiger partial charge in [-0.05, 0) is 37.1 Å². The number of hydrogen-bond donors (Lipinski definition) is 1. The molecule has 1 aliphatic rings. The summed E-state index contributed by atoms with van der Waals surface area (Å²) in [4.78, 5) is 49.9. The van der Waals surface area contributed by atoms with E-state index in [4.69, 9.17) is 4.74 Å². The molecule has 156 valence electrons. The van der Waals surface area contributed by atoms with Crippen LogP contribution in [-0.4, -0.2) is 42.4 Å². The first-order chi connectivity index (χ1) is 14.2. The molecule has 8 heteroatoms. The zero-order chi connectivity index (χ0) is 21.9. The monoisotopic (exact) mass is 410 g/mol. The lowest BCUT2D eigenvalue weighted by Crippen LogP contribution is -2.41. The minimum Gasteiger partial charge on any atom is -0.465 e. The summed E-state index contributed by atoms with van der Waals surface area (Å²) in [5, 5.41) is 2.65. The lowest BCUT2D eigenvalue weighted by Gasteiger charge is -2.22. The number of nitrogens with one attached hydrogen (secondary N) is 1. The number of esters is 2. The molecule has 3 amide bonds. The number of carbonyl (C=O) groups excluding carboxylic acids is 4. The Bertz CT molecular complexity index is 1000. The number of methoxy groups -OCH3 is 1. The van der Waals surface area contributed by atoms with Gasteiger partial charge in [0.15, 0.2) is 0 Å². The van der Waals surface area contributed by atoms with Gasteiger partial charge in [-0.1, -0.05) is 42.0 Å². The van der Waals surface area contributed by atoms with Crippen LogP contribution < -0.4 is 5.32 Å². The third-order valence-corrected chi connectivity index (χ3v) is 4.94. The van der Waals surface area contributed by atoms with Crippen molar-refractivity contribution in [1.82, 2.24) is 10.2 Å². The maximum Gasteiger partial charge on any atom is 0.337 e. The van der Waals surface area contributed by atoms with Crippen LogP contribution in [0.1, 0.15) is 34.0 Å². The van der Waals surface area contributed by atoms with Crippen molar-refractivity contribution in [2.24, 2.45) is 0 Å². The maximum absolute atomic E-state index is 12.9. The molecule has 1 heterocycles. The second-order valence-electron chi connectivity index (χ2n) is 7.17. The Morgan fingerprint density at radius 2 is 1.80 bits per heavy atom. The molecule has 1 N–H and O–H groups in total. The van der Waals surface area contributed by atoms with Crippen molar-refractivity contribution in [2.45, 2.75) is 26.0 Å². The average molecular weight is 410 g/mol. The molecule has 30 heavy (non-hydrogen) atoms. The minimum atomic E-state index is -1.25. The van der Waals surface area contributed by atoms with E-state index in [1.807, 2.05) is 19.1 Å². The van der Waals surface area contributed by atoms with E-state index in [0.29, 0.717) is 16.7 Å². The number of urea groups is 1. The molecule has 0 aromatic heterocycles. The molecule has 0 bridgehead atoms. The first-order valence-corrected chi connectivity index (χ1v) is 9.28. The largest absolute Gasteiger partial charge is 0.465 e. The van der Waals surface area contributed by atoms with Crippen molar-refractivity contribution in [2.75, 3.05) is 13.7 Å². The zero-order valence-corrected chi connectivity index (χ0v) is 16.9. The lowest BCUT2D eigenvalue weighted by molar-refractivity contribution is -0.148. The fourth-order valence-corrected chi connectivity index (χ4v) is 3.17. The Morgan fingerprint density at radius 1 is 1.10 bits per heavy atom. The normalized spacial score (nSPS) is 18.2. The van der Waals surface area contributed by atoms with Gasteiger partial charge >= 0.3 is 18.0 Å². The lowest BCUT2D eigenvalue weighted by atomic mass is 9.91. The van der Waals surface area contributed by atoms with E-state index >= 15 is 0 Å². The molecule has 0 saturated carbocycles. The molecule has 1 saturated heterocycles. The van der Waals surface area contributed by atoms with E-state index in [-0.39, 0.29) is 6.61 Å². The number of imide groups is 1. The summed E-state index contributed by atoms with van der Waals surface area (Å²) in [5.74, 6) is -1.77. The molecule has 3 rings (SSSR count). The fraction of sp³-hybridized carbons (Fsp3) is 0.273. The Kier molecular flexibility index (Phi) is 5.86. The third kappa shape index (κ3) is 4.17. The first kappa shape index (κ1) is 21.0. The molecule has 2 aromatic carbocycles. The van der Waals surface area contributed by atoms with E-state index in [9.17, 15) is 19.2 Å². The average Bonchev–Trinajstić information content (AvgIpc) is 2.96. The van der Waals surface area contributed by atoms with Crippen LogP contribution in [0.15, 0.2) is 48.5 Å². The highest BCUT2D eigenvalue weighted by Gasteiger charge is 2.49. The number of carbonyl (C=O) groups is 4. The second-order valence-corrected chi connectivity index (χ2v) is 7.17. The van der Waals surface area contributed by atoms with Crippen LogP contribution in [0.25, 0.3) is 0 Å². The van der Waals surface area contributed by atoms with E-state index in [1.165, 1.54) is 7.11 Å². The van der Waals surface area contributed by atoms with Gasteiger partial charge in [-0.3, -0.25) is 14.5 Å². The minimum absolute atomic E-state index is 0.109. The number of hydrogen-bond acceptors (Lipinski definition) is 6. The SMILES string of the molecule is COC(=O)c1cccc(COC(=O)CN2C(=O)N[C@](C)(c3ccc(C)cc3)C2=O)c1. The zero-order valence-electron chi connectivity index (χ0n) is 16.9. The van der Waals surface area contributed by atoms with Crippen LogP contribution in [0, 0.1) is 6.92 Å². The van der Waals surface area contributed by atoms with Crippen molar-refractivity contribution in [3.05, 3.63) is 70.8 Å². The van der Waals surface area contributed by atoms with Crippen molar-refractivity contribution in [3.8, 4) is 0 Å². The molecule has 8 nitrogen and oxygen atoms in total. The smallest absolute Gasteiger partial charge is 0.337 e. The summed E-state index contributed by atoms with van der Waals surface area (Å²) in [6.45, 7) is 2.90. The van der Waals surface area contributed by atoms with Crippen LogP contribution in [0.3, 0.4) is 0 Å². The van der Waals surface area contributed by atoms with Crippen LogP contribution in [-0.2, 0) is 31.2 Å². The van der Waals surface area contributed by atoms with Crippen molar-refractivity contribution >= 4 is 23.9 Å². The number of nitrogens with zero attached hydrogens (tertiary/aromatic N) is 1. The summed E-state index contributed by atoms with van der Waals surface area (Å²) in [5.41, 5.74) is 1.31. The highest BCUT2D eigenvalue weighted by atomic mass is 16.5. The predicted molar refractivity (Wildman–Crippen MR) is 106 cm³/mol. The second kappa shape index (κ2) is 8.36. The number of aryl methyl sites for hydroxylation is 1. The molecule has 1 aliphatic heterocycles. The van der Waals surface area contributed by atoms with Gasteiger partial charge in [-0.2, -0.15) is 0 Å². The highest BCUT2D eigenvalue weighted by molar-refractivity contribution is 6.08. The van der Waals surface area contributed by atoms with Gasteiger partial charge in [0.25, 0.3) is 5.91 Å². The van der Waals surface area contributed by atoms with Gasteiger partial charge in [0.2, 0.25) is 0 Å². The quantitative estimate of drug-likeness (QED) is 0.579. The molecule has 0 unspecified atom stereocenters. The maximum atomic E-state index is 12.9. The number of amides is 3. The van der Waals surface area contributed by atoms with Crippen LogP contribution in [0.2, 0.25) is 0 Å². The van der Waals surface area contributed by atoms with Crippen molar-refractivity contribution < 1.29 is 28.7 Å². The van der Waals surface area contributed by atoms with Gasteiger partial charge in [0.1, 0.15) is 18.7 Å². The number of benzene rings is 2. The van der Waals surface area contributed by atoms with Crippen LogP contribution >= 0.6 is 0 Å². The van der Waals surface area contributed by atoms with Gasteiger partial charge < -0.3 is 14.8 Å². The van der Waals surface area contributed by atoms with Gasteiger partial charge in [0, 0.05) is 0 Å². The fourth-order valence-electron chi connectivity index (χ4n) is 3.17. The van der Waals surface area contributed by atoms with E-state index < -0.39 is 36.0 Å². The predicted octanol–water partition coefficient (Wildman–Crippen LogP) is 2.29. The molecular formula is C22H22N2O6. The third-order valence-electron chi connectivity index (χ3n) is 4.94. The van der Waals surface area contributed by atoms with Gasteiger partial charge in [-0.25, -0.2) is 9.59 Å². The standard InChI is InChI=1S/C22H22N2O6/c1-14-7-9-17(10-8-14)22(2)20(27)24(21(28)23-22)12-18(25)30-13-15-5-4-6-16(11-15)19(26)29-3/h4-11H,12-13H2,1-3H3,(H,23,28)/t22-/m1/s1. The van der Waals surface area contributed by atoms with Gasteiger partial charge in [0.05, 0.1) is 12.7 Å². The molecule has 0 spiro atoms. The first-order valence-electron chi connectivity index (χ1n) is 9.28. The Hall–Kier alpha value is -3.68. The Labute approximate surface area is 173 Å². The summed E-state index contributed by atoms with van der Waals surface area (Å²) >= 11 is 0. The topological polar surface area (TPSA) is 102 Å². The number of ether oxygens (including phenoxy) is 2. The summed E-state index contributed by atoms with van der Waals surface area (Å²) in [7, 11) is 1.28. The number of rotatable bonds is 6. The van der Waals surface area contributed by atoms with Crippen molar-refractivity contribution in [1.29, 1.82) is 0 Å². The summed E-state index contributed by atoms with van der Waals surface area (Å²) in [6.07, 6.45) is 0. The highest BCUT2D eigenvalue weighted by Crippen LogP contribution is 2.29. The van der Waals surface area contributed by atoms with E-state index in [1.54, 1.807) is 43.3 Å². The summed E-state index contributed by atoms with van der Waals surface area (Å²) < 4.78 is 9.84. The van der Waals surface area contributed by atoms with Crippen LogP contribution in [0.4, 0.5) is 4.79 Å². The van der Waals surface area contributed by atoms with Crippen molar-refractivity contribution in [3.63, 3.8) is 0 Å². The molecule has 0 aliphatic carbocycles. The van der Waals surface area contributed by atoms with E-state index in [2.05, 4.69) is 10.1 Å².